The third kappa shape index (κ3) is 2.19. The van der Waals surface area contributed by atoms with Crippen molar-refractivity contribution in [1.29, 1.82) is 0 Å². The van der Waals surface area contributed by atoms with Crippen LogP contribution in [0.5, 0.6) is 0 Å². The summed E-state index contributed by atoms with van der Waals surface area (Å²) in [5, 5.41) is 14.3. The van der Waals surface area contributed by atoms with Crippen molar-refractivity contribution in [3.05, 3.63) is 42.7 Å². The quantitative estimate of drug-likeness (QED) is 0.691. The standard InChI is InChI=1S/C10H9N5/c1-2-3-8-4-5-9(11-6-8)10-7-12-14-15-13-10/h2,4-7H,1,3H2. The van der Waals surface area contributed by atoms with E-state index in [-0.39, 0.29) is 0 Å². The van der Waals surface area contributed by atoms with Crippen molar-refractivity contribution in [1.82, 2.24) is 25.6 Å². The van der Waals surface area contributed by atoms with Gasteiger partial charge in [0.05, 0.1) is 11.9 Å². The van der Waals surface area contributed by atoms with Gasteiger partial charge in [-0.1, -0.05) is 12.1 Å². The highest BCUT2D eigenvalue weighted by Gasteiger charge is 2.01. The molecule has 5 heteroatoms. The molecule has 0 N–H and O–H groups in total. The van der Waals surface area contributed by atoms with Crippen molar-refractivity contribution < 1.29 is 0 Å². The number of hydrogen-bond acceptors (Lipinski definition) is 5. The molecule has 0 aliphatic heterocycles. The van der Waals surface area contributed by atoms with Crippen molar-refractivity contribution in [2.45, 2.75) is 6.42 Å². The topological polar surface area (TPSA) is 64.5 Å². The van der Waals surface area contributed by atoms with Gasteiger partial charge in [-0.25, -0.2) is 0 Å². The molecule has 2 rings (SSSR count). The first-order chi connectivity index (χ1) is 7.40. The van der Waals surface area contributed by atoms with Crippen LogP contribution < -0.4 is 0 Å². The number of aromatic nitrogens is 5. The molecule has 0 saturated carbocycles. The minimum atomic E-state index is 0.621. The number of allylic oxidation sites excluding steroid dienone is 1. The van der Waals surface area contributed by atoms with Crippen LogP contribution >= 0.6 is 0 Å². The van der Waals surface area contributed by atoms with Crippen molar-refractivity contribution in [2.24, 2.45) is 0 Å². The van der Waals surface area contributed by atoms with Gasteiger partial charge >= 0.3 is 0 Å². The summed E-state index contributed by atoms with van der Waals surface area (Å²) in [6, 6.07) is 3.86. The van der Waals surface area contributed by atoms with E-state index < -0.39 is 0 Å². The lowest BCUT2D eigenvalue weighted by atomic mass is 10.2. The molecule has 2 heterocycles. The van der Waals surface area contributed by atoms with E-state index >= 15 is 0 Å². The average molecular weight is 199 g/mol. The van der Waals surface area contributed by atoms with Gasteiger partial charge in [-0.05, 0) is 28.5 Å². The van der Waals surface area contributed by atoms with Crippen molar-refractivity contribution in [3.8, 4) is 11.4 Å². The normalized spacial score (nSPS) is 9.87. The molecule has 74 valence electrons. The van der Waals surface area contributed by atoms with Gasteiger partial charge < -0.3 is 0 Å². The first-order valence-corrected chi connectivity index (χ1v) is 4.47. The fourth-order valence-corrected chi connectivity index (χ4v) is 1.18. The maximum Gasteiger partial charge on any atom is 0.133 e. The predicted octanol–water partition coefficient (Wildman–Crippen LogP) is 1.06. The van der Waals surface area contributed by atoms with Crippen LogP contribution in [0.4, 0.5) is 0 Å². The molecule has 0 aliphatic carbocycles. The summed E-state index contributed by atoms with van der Waals surface area (Å²) in [4.78, 5) is 4.25. The Labute approximate surface area is 86.9 Å². The molecular weight excluding hydrogens is 190 g/mol. The Morgan fingerprint density at radius 3 is 2.67 bits per heavy atom. The maximum absolute atomic E-state index is 4.25. The van der Waals surface area contributed by atoms with Crippen LogP contribution in [0.3, 0.4) is 0 Å². The van der Waals surface area contributed by atoms with Gasteiger partial charge in [-0.3, -0.25) is 4.98 Å². The molecule has 0 radical (unpaired) electrons. The van der Waals surface area contributed by atoms with Crippen molar-refractivity contribution >= 4 is 0 Å². The zero-order valence-electron chi connectivity index (χ0n) is 8.04. The molecule has 0 unspecified atom stereocenters. The van der Waals surface area contributed by atoms with Crippen LogP contribution in [0.25, 0.3) is 11.4 Å². The van der Waals surface area contributed by atoms with E-state index in [1.165, 1.54) is 6.20 Å². The van der Waals surface area contributed by atoms with Gasteiger partial charge in [-0.15, -0.1) is 16.8 Å². The van der Waals surface area contributed by atoms with Crippen LogP contribution in [0, 0.1) is 0 Å². The van der Waals surface area contributed by atoms with Crippen molar-refractivity contribution in [3.63, 3.8) is 0 Å². The zero-order chi connectivity index (χ0) is 10.5. The second-order valence-electron chi connectivity index (χ2n) is 2.95. The molecule has 2 aromatic heterocycles. The highest BCUT2D eigenvalue weighted by Crippen LogP contribution is 2.11. The van der Waals surface area contributed by atoms with Gasteiger partial charge in [0.15, 0.2) is 0 Å². The fraction of sp³-hybridized carbons (Fsp3) is 0.100. The van der Waals surface area contributed by atoms with E-state index in [2.05, 4.69) is 32.2 Å². The second kappa shape index (κ2) is 4.36. The summed E-state index contributed by atoms with van der Waals surface area (Å²) in [6.45, 7) is 3.67. The largest absolute Gasteiger partial charge is 0.254 e. The third-order valence-corrected chi connectivity index (χ3v) is 1.89. The van der Waals surface area contributed by atoms with E-state index in [4.69, 9.17) is 0 Å². The Hall–Kier alpha value is -2.17. The van der Waals surface area contributed by atoms with Gasteiger partial charge in [0.1, 0.15) is 5.69 Å². The maximum atomic E-state index is 4.25. The molecule has 2 aromatic rings. The van der Waals surface area contributed by atoms with Crippen LogP contribution in [-0.2, 0) is 6.42 Å². The summed E-state index contributed by atoms with van der Waals surface area (Å²) in [5.74, 6) is 0. The Bertz CT molecular complexity index is 437. The molecule has 0 saturated heterocycles. The molecular formula is C10H9N5. The fourth-order valence-electron chi connectivity index (χ4n) is 1.18. The number of rotatable bonds is 3. The van der Waals surface area contributed by atoms with E-state index in [9.17, 15) is 0 Å². The minimum Gasteiger partial charge on any atom is -0.254 e. The average Bonchev–Trinajstić information content (AvgIpc) is 2.32. The van der Waals surface area contributed by atoms with Gasteiger partial charge in [0.2, 0.25) is 0 Å². The summed E-state index contributed by atoms with van der Waals surface area (Å²) in [7, 11) is 0. The molecule has 0 aliphatic rings. The first kappa shape index (κ1) is 9.39. The predicted molar refractivity (Wildman–Crippen MR) is 54.8 cm³/mol. The smallest absolute Gasteiger partial charge is 0.133 e. The molecule has 5 nitrogen and oxygen atoms in total. The van der Waals surface area contributed by atoms with E-state index in [1.807, 2.05) is 18.2 Å². The van der Waals surface area contributed by atoms with E-state index in [0.29, 0.717) is 5.69 Å². The molecule has 0 spiro atoms. The Kier molecular flexibility index (Phi) is 2.73. The Morgan fingerprint density at radius 2 is 2.07 bits per heavy atom. The van der Waals surface area contributed by atoms with Crippen LogP contribution in [0.15, 0.2) is 37.2 Å². The number of nitrogens with zero attached hydrogens (tertiary/aromatic N) is 5. The first-order valence-electron chi connectivity index (χ1n) is 4.47. The SMILES string of the molecule is C=CCc1ccc(-c2cnnnn2)nc1. The summed E-state index contributed by atoms with van der Waals surface area (Å²) >= 11 is 0. The molecule has 0 atom stereocenters. The monoisotopic (exact) mass is 199 g/mol. The Morgan fingerprint density at radius 1 is 1.13 bits per heavy atom. The number of hydrogen-bond donors (Lipinski definition) is 0. The molecule has 15 heavy (non-hydrogen) atoms. The van der Waals surface area contributed by atoms with Gasteiger partial charge in [0, 0.05) is 6.20 Å². The zero-order valence-corrected chi connectivity index (χ0v) is 8.04. The van der Waals surface area contributed by atoms with Crippen molar-refractivity contribution in [2.75, 3.05) is 0 Å². The minimum absolute atomic E-state index is 0.621. The number of pyridine rings is 1. The highest BCUT2D eigenvalue weighted by atomic mass is 15.4. The van der Waals surface area contributed by atoms with E-state index in [0.717, 1.165) is 17.7 Å². The summed E-state index contributed by atoms with van der Waals surface area (Å²) in [6.07, 6.45) is 5.97. The van der Waals surface area contributed by atoms with Crippen LogP contribution in [-0.4, -0.2) is 25.6 Å². The van der Waals surface area contributed by atoms with Gasteiger partial charge in [0.25, 0.3) is 0 Å². The highest BCUT2D eigenvalue weighted by molar-refractivity contribution is 5.51. The summed E-state index contributed by atoms with van der Waals surface area (Å²) in [5.41, 5.74) is 2.48. The van der Waals surface area contributed by atoms with Gasteiger partial charge in [-0.2, -0.15) is 0 Å². The molecule has 0 bridgehead atoms. The molecule has 0 aromatic carbocycles. The summed E-state index contributed by atoms with van der Waals surface area (Å²) < 4.78 is 0. The van der Waals surface area contributed by atoms with E-state index in [1.54, 1.807) is 6.20 Å². The lowest BCUT2D eigenvalue weighted by Crippen LogP contribution is -1.95. The lowest BCUT2D eigenvalue weighted by molar-refractivity contribution is 0.765. The van der Waals surface area contributed by atoms with Crippen LogP contribution in [0.1, 0.15) is 5.56 Å². The molecule has 0 fully saturated rings. The third-order valence-electron chi connectivity index (χ3n) is 1.89. The molecule has 0 amide bonds. The lowest BCUT2D eigenvalue weighted by Gasteiger charge is -1.98. The van der Waals surface area contributed by atoms with Crippen LogP contribution in [0.2, 0.25) is 0 Å². The second-order valence-corrected chi connectivity index (χ2v) is 2.95. The Balaban J connectivity index is 2.28.